The number of anilines is 1. The van der Waals surface area contributed by atoms with Crippen LogP contribution in [0, 0.1) is 0 Å². The fourth-order valence-corrected chi connectivity index (χ4v) is 2.09. The number of nitrogens with zero attached hydrogens (tertiary/aromatic N) is 1. The Hall–Kier alpha value is -1.88. The van der Waals surface area contributed by atoms with Crippen molar-refractivity contribution in [3.63, 3.8) is 0 Å². The molecule has 2 rings (SSSR count). The van der Waals surface area contributed by atoms with Gasteiger partial charge in [0.25, 0.3) is 11.8 Å². The number of fused-ring (bicyclic) bond motifs is 1. The number of nitrogen functional groups attached to an aromatic ring is 1. The van der Waals surface area contributed by atoms with E-state index in [0.717, 1.165) is 0 Å². The lowest BCUT2D eigenvalue weighted by Crippen LogP contribution is -2.40. The third-order valence-electron chi connectivity index (χ3n) is 2.98. The topological polar surface area (TPSA) is 72.6 Å². The van der Waals surface area contributed by atoms with Crippen molar-refractivity contribution < 1.29 is 14.3 Å². The smallest absolute Gasteiger partial charge is 0.263 e. The van der Waals surface area contributed by atoms with Gasteiger partial charge < -0.3 is 10.5 Å². The minimum atomic E-state index is -0.333. The number of imide groups is 1. The molecule has 1 unspecified atom stereocenters. The molecule has 1 heterocycles. The van der Waals surface area contributed by atoms with E-state index in [-0.39, 0.29) is 17.9 Å². The molecule has 1 aliphatic rings. The third kappa shape index (κ3) is 1.86. The number of hydrogen-bond acceptors (Lipinski definition) is 4. The van der Waals surface area contributed by atoms with Crippen molar-refractivity contribution in [3.8, 4) is 0 Å². The number of hydrogen-bond donors (Lipinski definition) is 1. The molecule has 1 atom stereocenters. The van der Waals surface area contributed by atoms with Crippen LogP contribution in [0.25, 0.3) is 0 Å². The molecular formula is C13H16N2O3. The highest BCUT2D eigenvalue weighted by atomic mass is 16.5. The molecule has 96 valence electrons. The van der Waals surface area contributed by atoms with Crippen molar-refractivity contribution in [2.24, 2.45) is 0 Å². The lowest BCUT2D eigenvalue weighted by molar-refractivity contribution is 0.0447. The zero-order chi connectivity index (χ0) is 13.3. The average Bonchev–Trinajstić information content (AvgIpc) is 2.60. The molecule has 1 aromatic carbocycles. The number of carbonyl (C=O) groups is 2. The minimum Gasteiger partial charge on any atom is -0.398 e. The predicted octanol–water partition coefficient (Wildman–Crippen LogP) is 1.29. The van der Waals surface area contributed by atoms with Crippen LogP contribution in [0.15, 0.2) is 18.2 Å². The highest BCUT2D eigenvalue weighted by Crippen LogP contribution is 2.28. The molecule has 0 aliphatic carbocycles. The first-order valence-corrected chi connectivity index (χ1v) is 5.92. The maximum absolute atomic E-state index is 12.2. The van der Waals surface area contributed by atoms with Crippen LogP contribution < -0.4 is 5.73 Å². The maximum Gasteiger partial charge on any atom is 0.263 e. The van der Waals surface area contributed by atoms with Gasteiger partial charge in [0.05, 0.1) is 23.8 Å². The number of ether oxygens (including phenoxy) is 1. The van der Waals surface area contributed by atoms with E-state index in [1.807, 2.05) is 6.92 Å². The van der Waals surface area contributed by atoms with Gasteiger partial charge >= 0.3 is 0 Å². The van der Waals surface area contributed by atoms with E-state index < -0.39 is 0 Å². The van der Waals surface area contributed by atoms with E-state index in [9.17, 15) is 9.59 Å². The van der Waals surface area contributed by atoms with Gasteiger partial charge in [0.2, 0.25) is 0 Å². The Balaban J connectivity index is 2.31. The van der Waals surface area contributed by atoms with E-state index in [4.69, 9.17) is 10.5 Å². The van der Waals surface area contributed by atoms with Gasteiger partial charge in [-0.25, -0.2) is 0 Å². The molecule has 18 heavy (non-hydrogen) atoms. The molecule has 0 radical (unpaired) electrons. The first-order valence-electron chi connectivity index (χ1n) is 5.92. The lowest BCUT2D eigenvalue weighted by Gasteiger charge is -2.22. The maximum atomic E-state index is 12.2. The summed E-state index contributed by atoms with van der Waals surface area (Å²) in [7, 11) is 0. The van der Waals surface area contributed by atoms with Gasteiger partial charge in [-0.1, -0.05) is 6.07 Å². The highest BCUT2D eigenvalue weighted by molar-refractivity contribution is 6.23. The molecule has 2 amide bonds. The molecule has 0 bridgehead atoms. The van der Waals surface area contributed by atoms with E-state index in [2.05, 4.69) is 0 Å². The molecule has 5 nitrogen and oxygen atoms in total. The zero-order valence-electron chi connectivity index (χ0n) is 10.5. The van der Waals surface area contributed by atoms with E-state index >= 15 is 0 Å². The Morgan fingerprint density at radius 2 is 2.06 bits per heavy atom. The second kappa shape index (κ2) is 4.78. The van der Waals surface area contributed by atoms with Crippen LogP contribution in [-0.4, -0.2) is 36.0 Å². The van der Waals surface area contributed by atoms with Crippen molar-refractivity contribution >= 4 is 17.5 Å². The Morgan fingerprint density at radius 1 is 1.33 bits per heavy atom. The monoisotopic (exact) mass is 248 g/mol. The van der Waals surface area contributed by atoms with Crippen LogP contribution in [0.3, 0.4) is 0 Å². The number of benzene rings is 1. The van der Waals surface area contributed by atoms with E-state index in [0.29, 0.717) is 30.0 Å². The third-order valence-corrected chi connectivity index (χ3v) is 2.98. The fraction of sp³-hybridized carbons (Fsp3) is 0.385. The summed E-state index contributed by atoms with van der Waals surface area (Å²) in [6, 6.07) is 4.63. The van der Waals surface area contributed by atoms with Gasteiger partial charge in [-0.05, 0) is 26.0 Å². The largest absolute Gasteiger partial charge is 0.398 e. The lowest BCUT2D eigenvalue weighted by atomic mass is 10.1. The summed E-state index contributed by atoms with van der Waals surface area (Å²) in [5.41, 5.74) is 6.79. The second-order valence-electron chi connectivity index (χ2n) is 4.26. The molecule has 0 saturated carbocycles. The molecule has 0 aromatic heterocycles. The normalized spacial score (nSPS) is 16.0. The highest BCUT2D eigenvalue weighted by Gasteiger charge is 2.39. The second-order valence-corrected chi connectivity index (χ2v) is 4.26. The van der Waals surface area contributed by atoms with Gasteiger partial charge in [0.1, 0.15) is 0 Å². The summed E-state index contributed by atoms with van der Waals surface area (Å²) >= 11 is 0. The molecule has 0 saturated heterocycles. The molecule has 0 fully saturated rings. The number of nitrogens with two attached hydrogens (primary N) is 1. The molecule has 0 spiro atoms. The Labute approximate surface area is 106 Å². The number of rotatable bonds is 4. The first kappa shape index (κ1) is 12.6. The standard InChI is InChI=1S/C13H16N2O3/c1-3-18-7-8(2)15-12(16)9-5-4-6-10(14)11(9)13(15)17/h4-6,8H,3,7,14H2,1-2H3. The SMILES string of the molecule is CCOCC(C)N1C(=O)c2cccc(N)c2C1=O. The van der Waals surface area contributed by atoms with E-state index in [1.54, 1.807) is 25.1 Å². The average molecular weight is 248 g/mol. The Kier molecular flexibility index (Phi) is 3.34. The minimum absolute atomic E-state index is 0.295. The van der Waals surface area contributed by atoms with Crippen LogP contribution >= 0.6 is 0 Å². The van der Waals surface area contributed by atoms with E-state index in [1.165, 1.54) is 4.90 Å². The fourth-order valence-electron chi connectivity index (χ4n) is 2.09. The quantitative estimate of drug-likeness (QED) is 0.643. The first-order chi connectivity index (χ1) is 8.57. The summed E-state index contributed by atoms with van der Waals surface area (Å²) < 4.78 is 5.26. The molecular weight excluding hydrogens is 232 g/mol. The summed E-state index contributed by atoms with van der Waals surface area (Å²) in [6.07, 6.45) is 0. The van der Waals surface area contributed by atoms with Crippen LogP contribution in [0.1, 0.15) is 34.6 Å². The van der Waals surface area contributed by atoms with Crippen molar-refractivity contribution in [2.75, 3.05) is 18.9 Å². The van der Waals surface area contributed by atoms with Gasteiger partial charge in [-0.15, -0.1) is 0 Å². The molecule has 1 aliphatic heterocycles. The zero-order valence-corrected chi connectivity index (χ0v) is 10.5. The van der Waals surface area contributed by atoms with Crippen LogP contribution in [0.4, 0.5) is 5.69 Å². The van der Waals surface area contributed by atoms with Crippen LogP contribution in [0.2, 0.25) is 0 Å². The summed E-state index contributed by atoms with van der Waals surface area (Å²) in [4.78, 5) is 25.6. The van der Waals surface area contributed by atoms with Crippen molar-refractivity contribution in [3.05, 3.63) is 29.3 Å². The summed E-state index contributed by atoms with van der Waals surface area (Å²) in [5, 5.41) is 0. The van der Waals surface area contributed by atoms with Crippen molar-refractivity contribution in [1.82, 2.24) is 4.90 Å². The van der Waals surface area contributed by atoms with Crippen LogP contribution in [0.5, 0.6) is 0 Å². The van der Waals surface area contributed by atoms with Gasteiger partial charge in [-0.2, -0.15) is 0 Å². The predicted molar refractivity (Wildman–Crippen MR) is 67.3 cm³/mol. The summed E-state index contributed by atoms with van der Waals surface area (Å²) in [6.45, 7) is 4.54. The number of carbonyl (C=O) groups excluding carboxylic acids is 2. The van der Waals surface area contributed by atoms with Gasteiger partial charge in [-0.3, -0.25) is 14.5 Å². The Morgan fingerprint density at radius 3 is 2.67 bits per heavy atom. The van der Waals surface area contributed by atoms with Crippen molar-refractivity contribution in [2.45, 2.75) is 19.9 Å². The molecule has 1 aromatic rings. The summed E-state index contributed by atoms with van der Waals surface area (Å²) in [5.74, 6) is -0.630. The van der Waals surface area contributed by atoms with Crippen LogP contribution in [-0.2, 0) is 4.74 Å². The molecule has 5 heteroatoms. The van der Waals surface area contributed by atoms with Gasteiger partial charge in [0, 0.05) is 12.3 Å². The molecule has 2 N–H and O–H groups in total. The Bertz CT molecular complexity index is 499. The number of amides is 2. The van der Waals surface area contributed by atoms with Gasteiger partial charge in [0.15, 0.2) is 0 Å². The van der Waals surface area contributed by atoms with Crippen molar-refractivity contribution in [1.29, 1.82) is 0 Å².